The van der Waals surface area contributed by atoms with Crippen molar-refractivity contribution in [3.8, 4) is 0 Å². The van der Waals surface area contributed by atoms with Gasteiger partial charge in [-0.1, -0.05) is 36.4 Å². The number of aryl methyl sites for hydroxylation is 2. The van der Waals surface area contributed by atoms with E-state index < -0.39 is 0 Å². The molecule has 0 amide bonds. The third-order valence-corrected chi connectivity index (χ3v) is 5.16. The molecule has 0 radical (unpaired) electrons. The van der Waals surface area contributed by atoms with Crippen molar-refractivity contribution in [1.29, 1.82) is 0 Å². The number of fused-ring (bicyclic) bond motifs is 1. The van der Waals surface area contributed by atoms with Gasteiger partial charge in [0.05, 0.1) is 12.8 Å². The van der Waals surface area contributed by atoms with E-state index in [1.165, 1.54) is 21.6 Å². The van der Waals surface area contributed by atoms with Crippen LogP contribution >= 0.6 is 11.8 Å². The maximum Gasteiger partial charge on any atom is 0.189 e. The standard InChI is InChI=1S/C18H19NOS/c1-12-9-13(2)18-15(10-12)19-17(20-3)11-16(21-18)14-7-5-4-6-8-14/h4-10,16H,11H2,1-3H3. The van der Waals surface area contributed by atoms with Gasteiger partial charge in [0.2, 0.25) is 0 Å². The molecule has 1 aliphatic heterocycles. The minimum Gasteiger partial charge on any atom is -0.484 e. The van der Waals surface area contributed by atoms with Crippen LogP contribution in [-0.2, 0) is 4.74 Å². The Hall–Kier alpha value is -1.74. The summed E-state index contributed by atoms with van der Waals surface area (Å²) in [5, 5.41) is 0.340. The van der Waals surface area contributed by atoms with Crippen LogP contribution in [0.5, 0.6) is 0 Å². The molecule has 108 valence electrons. The van der Waals surface area contributed by atoms with Crippen molar-refractivity contribution in [2.75, 3.05) is 7.11 Å². The van der Waals surface area contributed by atoms with Crippen LogP contribution in [-0.4, -0.2) is 13.0 Å². The molecule has 0 fully saturated rings. The molecule has 2 aromatic rings. The number of hydrogen-bond donors (Lipinski definition) is 0. The Balaban J connectivity index is 2.08. The zero-order chi connectivity index (χ0) is 14.8. The predicted molar refractivity (Wildman–Crippen MR) is 89.7 cm³/mol. The van der Waals surface area contributed by atoms with Gasteiger partial charge in [-0.25, -0.2) is 4.99 Å². The lowest BCUT2D eigenvalue weighted by Crippen LogP contribution is -2.05. The quantitative estimate of drug-likeness (QED) is 0.720. The topological polar surface area (TPSA) is 21.6 Å². The van der Waals surface area contributed by atoms with Gasteiger partial charge in [0.15, 0.2) is 5.90 Å². The molecule has 1 atom stereocenters. The first kappa shape index (κ1) is 14.2. The molecule has 0 spiro atoms. The molecule has 0 aromatic heterocycles. The third-order valence-electron chi connectivity index (χ3n) is 3.67. The van der Waals surface area contributed by atoms with E-state index in [0.717, 1.165) is 18.0 Å². The van der Waals surface area contributed by atoms with Crippen molar-refractivity contribution < 1.29 is 4.74 Å². The smallest absolute Gasteiger partial charge is 0.189 e. The molecule has 1 unspecified atom stereocenters. The lowest BCUT2D eigenvalue weighted by molar-refractivity contribution is 0.390. The van der Waals surface area contributed by atoms with E-state index in [2.05, 4.69) is 56.3 Å². The second-order valence-corrected chi connectivity index (χ2v) is 6.57. The van der Waals surface area contributed by atoms with Crippen molar-refractivity contribution >= 4 is 23.3 Å². The molecule has 2 aromatic carbocycles. The number of hydrogen-bond acceptors (Lipinski definition) is 3. The van der Waals surface area contributed by atoms with E-state index in [1.807, 2.05) is 11.8 Å². The molecule has 0 bridgehead atoms. The Morgan fingerprint density at radius 1 is 1.14 bits per heavy atom. The lowest BCUT2D eigenvalue weighted by Gasteiger charge is -2.16. The zero-order valence-electron chi connectivity index (χ0n) is 12.6. The molecule has 1 heterocycles. The Morgan fingerprint density at radius 3 is 2.62 bits per heavy atom. The van der Waals surface area contributed by atoms with E-state index >= 15 is 0 Å². The van der Waals surface area contributed by atoms with E-state index in [0.29, 0.717) is 5.25 Å². The van der Waals surface area contributed by atoms with Gasteiger partial charge in [0.1, 0.15) is 0 Å². The monoisotopic (exact) mass is 297 g/mol. The van der Waals surface area contributed by atoms with Gasteiger partial charge in [-0.2, -0.15) is 0 Å². The van der Waals surface area contributed by atoms with Crippen LogP contribution in [0.15, 0.2) is 52.4 Å². The van der Waals surface area contributed by atoms with Crippen molar-refractivity contribution in [2.45, 2.75) is 30.4 Å². The highest BCUT2D eigenvalue weighted by Crippen LogP contribution is 2.46. The minimum atomic E-state index is 0.340. The van der Waals surface area contributed by atoms with Crippen LogP contribution in [0.4, 0.5) is 5.69 Å². The summed E-state index contributed by atoms with van der Waals surface area (Å²) in [6, 6.07) is 15.0. The predicted octanol–water partition coefficient (Wildman–Crippen LogP) is 5.22. The fourth-order valence-electron chi connectivity index (χ4n) is 2.67. The van der Waals surface area contributed by atoms with Gasteiger partial charge in [0, 0.05) is 16.6 Å². The fraction of sp³-hybridized carbons (Fsp3) is 0.278. The highest BCUT2D eigenvalue weighted by atomic mass is 32.2. The summed E-state index contributed by atoms with van der Waals surface area (Å²) < 4.78 is 5.50. The summed E-state index contributed by atoms with van der Waals surface area (Å²) in [6.45, 7) is 4.27. The van der Waals surface area contributed by atoms with Crippen LogP contribution in [0.1, 0.15) is 28.4 Å². The first-order valence-electron chi connectivity index (χ1n) is 7.12. The largest absolute Gasteiger partial charge is 0.484 e. The molecule has 0 saturated carbocycles. The average Bonchev–Trinajstić information content (AvgIpc) is 2.67. The molecular weight excluding hydrogens is 278 g/mol. The molecule has 2 nitrogen and oxygen atoms in total. The minimum absolute atomic E-state index is 0.340. The van der Waals surface area contributed by atoms with Gasteiger partial charge in [0.25, 0.3) is 0 Å². The number of methoxy groups -OCH3 is 1. The zero-order valence-corrected chi connectivity index (χ0v) is 13.4. The molecule has 3 rings (SSSR count). The molecule has 0 aliphatic carbocycles. The number of rotatable bonds is 1. The third kappa shape index (κ3) is 2.98. The lowest BCUT2D eigenvalue weighted by atomic mass is 10.1. The normalized spacial score (nSPS) is 17.7. The molecule has 0 N–H and O–H groups in total. The van der Waals surface area contributed by atoms with Gasteiger partial charge in [-0.15, -0.1) is 11.8 Å². The van der Waals surface area contributed by atoms with E-state index in [9.17, 15) is 0 Å². The Bertz CT molecular complexity index is 679. The van der Waals surface area contributed by atoms with Crippen LogP contribution in [0, 0.1) is 13.8 Å². The molecule has 1 aliphatic rings. The van der Waals surface area contributed by atoms with Crippen LogP contribution in [0.3, 0.4) is 0 Å². The van der Waals surface area contributed by atoms with Crippen LogP contribution < -0.4 is 0 Å². The Kier molecular flexibility index (Phi) is 4.02. The van der Waals surface area contributed by atoms with Gasteiger partial charge in [-0.3, -0.25) is 0 Å². The second kappa shape index (κ2) is 5.94. The number of ether oxygens (including phenoxy) is 1. The molecule has 3 heteroatoms. The molecular formula is C18H19NOS. The highest BCUT2D eigenvalue weighted by molar-refractivity contribution is 7.99. The Labute approximate surface area is 130 Å². The Morgan fingerprint density at radius 2 is 1.90 bits per heavy atom. The van der Waals surface area contributed by atoms with Crippen LogP contribution in [0.25, 0.3) is 0 Å². The van der Waals surface area contributed by atoms with Crippen molar-refractivity contribution in [3.63, 3.8) is 0 Å². The van der Waals surface area contributed by atoms with Crippen molar-refractivity contribution in [2.24, 2.45) is 4.99 Å². The summed E-state index contributed by atoms with van der Waals surface area (Å²) in [7, 11) is 1.71. The summed E-state index contributed by atoms with van der Waals surface area (Å²) in [5.41, 5.74) is 4.88. The van der Waals surface area contributed by atoms with Crippen LogP contribution in [0.2, 0.25) is 0 Å². The average molecular weight is 297 g/mol. The second-order valence-electron chi connectivity index (χ2n) is 5.36. The van der Waals surface area contributed by atoms with E-state index in [-0.39, 0.29) is 0 Å². The van der Waals surface area contributed by atoms with Crippen molar-refractivity contribution in [3.05, 3.63) is 59.2 Å². The number of nitrogens with zero attached hydrogens (tertiary/aromatic N) is 1. The SMILES string of the molecule is COC1=Nc2cc(C)cc(C)c2SC(c2ccccc2)C1. The first-order valence-corrected chi connectivity index (χ1v) is 7.99. The molecule has 21 heavy (non-hydrogen) atoms. The summed E-state index contributed by atoms with van der Waals surface area (Å²) in [5.74, 6) is 0.806. The van der Waals surface area contributed by atoms with E-state index in [4.69, 9.17) is 9.73 Å². The summed E-state index contributed by atoms with van der Waals surface area (Å²) in [6.07, 6.45) is 0.818. The number of benzene rings is 2. The summed E-state index contributed by atoms with van der Waals surface area (Å²) >= 11 is 1.89. The maximum absolute atomic E-state index is 5.50. The number of thioether (sulfide) groups is 1. The van der Waals surface area contributed by atoms with E-state index in [1.54, 1.807) is 7.11 Å². The van der Waals surface area contributed by atoms with Gasteiger partial charge >= 0.3 is 0 Å². The van der Waals surface area contributed by atoms with Gasteiger partial charge < -0.3 is 4.74 Å². The maximum atomic E-state index is 5.50. The fourth-order valence-corrected chi connectivity index (χ4v) is 3.95. The number of aliphatic imine (C=N–C) groups is 1. The van der Waals surface area contributed by atoms with Crippen molar-refractivity contribution in [1.82, 2.24) is 0 Å². The van der Waals surface area contributed by atoms with Gasteiger partial charge in [-0.05, 0) is 36.6 Å². The molecule has 0 saturated heterocycles. The first-order chi connectivity index (χ1) is 10.2. The highest BCUT2D eigenvalue weighted by Gasteiger charge is 2.23. The summed E-state index contributed by atoms with van der Waals surface area (Å²) in [4.78, 5) is 5.99.